The molecule has 1 unspecified atom stereocenters. The molecule has 0 amide bonds. The van der Waals surface area contributed by atoms with E-state index in [1.807, 2.05) is 40.0 Å². The summed E-state index contributed by atoms with van der Waals surface area (Å²) in [7, 11) is -1.77. The fourth-order valence-corrected chi connectivity index (χ4v) is 6.04. The van der Waals surface area contributed by atoms with Crippen LogP contribution in [0.2, 0.25) is 0 Å². The van der Waals surface area contributed by atoms with Crippen LogP contribution < -0.4 is 5.32 Å². The number of sulfone groups is 1. The van der Waals surface area contributed by atoms with Gasteiger partial charge in [0.25, 0.3) is 0 Å². The summed E-state index contributed by atoms with van der Waals surface area (Å²) >= 11 is 0. The molecule has 1 atom stereocenters. The second-order valence-corrected chi connectivity index (χ2v) is 9.61. The van der Waals surface area contributed by atoms with Crippen molar-refractivity contribution in [2.24, 2.45) is 0 Å². The zero-order valence-electron chi connectivity index (χ0n) is 15.9. The fourth-order valence-electron chi connectivity index (χ4n) is 3.65. The lowest BCUT2D eigenvalue weighted by Gasteiger charge is -2.25. The number of rotatable bonds is 6. The van der Waals surface area contributed by atoms with Crippen molar-refractivity contribution in [1.82, 2.24) is 15.5 Å². The maximum absolute atomic E-state index is 13.7. The van der Waals surface area contributed by atoms with Gasteiger partial charge in [-0.25, -0.2) is 8.42 Å². The van der Waals surface area contributed by atoms with Crippen molar-refractivity contribution in [3.63, 3.8) is 0 Å². The molecule has 7 heteroatoms. The Hall–Kier alpha value is -1.73. The van der Waals surface area contributed by atoms with Gasteiger partial charge in [0.1, 0.15) is 0 Å². The van der Waals surface area contributed by atoms with E-state index in [2.05, 4.69) is 15.5 Å². The van der Waals surface area contributed by atoms with E-state index in [9.17, 15) is 8.42 Å². The minimum absolute atomic E-state index is 0.190. The monoisotopic (exact) mass is 377 g/mol. The maximum atomic E-state index is 13.7. The molecular weight excluding hydrogens is 350 g/mol. The van der Waals surface area contributed by atoms with Crippen LogP contribution in [0.25, 0.3) is 0 Å². The second kappa shape index (κ2) is 7.12. The van der Waals surface area contributed by atoms with E-state index < -0.39 is 14.6 Å². The lowest BCUT2D eigenvalue weighted by Crippen LogP contribution is -2.34. The SMILES string of the molecule is CNC(C)Cc1noc(C2(S(=O)(=O)c3cc(C)ccc3C)CCCC2)n1. The molecule has 0 saturated heterocycles. The highest BCUT2D eigenvalue weighted by molar-refractivity contribution is 7.92. The number of likely N-dealkylation sites (N-methyl/N-ethyl adjacent to an activating group) is 1. The van der Waals surface area contributed by atoms with Gasteiger partial charge in [-0.05, 0) is 57.9 Å². The van der Waals surface area contributed by atoms with E-state index in [0.29, 0.717) is 30.0 Å². The third-order valence-corrected chi connectivity index (χ3v) is 8.03. The Balaban J connectivity index is 2.07. The largest absolute Gasteiger partial charge is 0.338 e. The van der Waals surface area contributed by atoms with Gasteiger partial charge in [0.2, 0.25) is 5.89 Å². The fraction of sp³-hybridized carbons (Fsp3) is 0.579. The molecule has 0 radical (unpaired) electrons. The lowest BCUT2D eigenvalue weighted by molar-refractivity contribution is 0.327. The van der Waals surface area contributed by atoms with Crippen LogP contribution in [0, 0.1) is 13.8 Å². The molecule has 1 heterocycles. The molecule has 3 rings (SSSR count). The van der Waals surface area contributed by atoms with Crippen molar-refractivity contribution in [3.8, 4) is 0 Å². The minimum atomic E-state index is -3.64. The van der Waals surface area contributed by atoms with E-state index >= 15 is 0 Å². The summed E-state index contributed by atoms with van der Waals surface area (Å²) in [4.78, 5) is 4.88. The average Bonchev–Trinajstić information content (AvgIpc) is 3.26. The molecular formula is C19H27N3O3S. The number of nitrogens with one attached hydrogen (secondary N) is 1. The van der Waals surface area contributed by atoms with Gasteiger partial charge in [-0.3, -0.25) is 0 Å². The van der Waals surface area contributed by atoms with Crippen molar-refractivity contribution in [2.75, 3.05) is 7.05 Å². The first-order chi connectivity index (χ1) is 12.3. The Morgan fingerprint density at radius 1 is 1.27 bits per heavy atom. The van der Waals surface area contributed by atoms with Gasteiger partial charge in [-0.2, -0.15) is 4.98 Å². The molecule has 0 spiro atoms. The molecule has 6 nitrogen and oxygen atoms in total. The summed E-state index contributed by atoms with van der Waals surface area (Å²) in [6.45, 7) is 5.76. The van der Waals surface area contributed by atoms with E-state index in [1.54, 1.807) is 6.07 Å². The van der Waals surface area contributed by atoms with Gasteiger partial charge >= 0.3 is 0 Å². The summed E-state index contributed by atoms with van der Waals surface area (Å²) in [5.41, 5.74) is 1.68. The van der Waals surface area contributed by atoms with E-state index in [1.165, 1.54) is 0 Å². The van der Waals surface area contributed by atoms with Crippen molar-refractivity contribution < 1.29 is 12.9 Å². The predicted octanol–water partition coefficient (Wildman–Crippen LogP) is 3.08. The van der Waals surface area contributed by atoms with E-state index in [0.717, 1.165) is 24.0 Å². The summed E-state index contributed by atoms with van der Waals surface area (Å²) in [6.07, 6.45) is 3.32. The van der Waals surface area contributed by atoms with Crippen LogP contribution in [0.15, 0.2) is 27.6 Å². The van der Waals surface area contributed by atoms with Crippen LogP contribution in [0.1, 0.15) is 55.4 Å². The third-order valence-electron chi connectivity index (χ3n) is 5.40. The van der Waals surface area contributed by atoms with Crippen molar-refractivity contribution in [2.45, 2.75) is 68.6 Å². The van der Waals surface area contributed by atoms with Gasteiger partial charge in [-0.1, -0.05) is 30.1 Å². The summed E-state index contributed by atoms with van der Waals surface area (Å²) in [5.74, 6) is 0.790. The van der Waals surface area contributed by atoms with Crippen LogP contribution in [-0.4, -0.2) is 31.6 Å². The number of hydrogen-bond donors (Lipinski definition) is 1. The highest BCUT2D eigenvalue weighted by atomic mass is 32.2. The summed E-state index contributed by atoms with van der Waals surface area (Å²) in [5, 5.41) is 7.18. The lowest BCUT2D eigenvalue weighted by atomic mass is 10.1. The number of benzene rings is 1. The zero-order valence-corrected chi connectivity index (χ0v) is 16.7. The Labute approximate surface area is 155 Å². The average molecular weight is 378 g/mol. The molecule has 142 valence electrons. The number of aryl methyl sites for hydroxylation is 2. The predicted molar refractivity (Wildman–Crippen MR) is 99.8 cm³/mol. The smallest absolute Gasteiger partial charge is 0.248 e. The van der Waals surface area contributed by atoms with Gasteiger partial charge < -0.3 is 9.84 Å². The molecule has 0 aliphatic heterocycles. The highest BCUT2D eigenvalue weighted by Gasteiger charge is 2.53. The highest BCUT2D eigenvalue weighted by Crippen LogP contribution is 2.48. The van der Waals surface area contributed by atoms with Crippen LogP contribution in [0.3, 0.4) is 0 Å². The minimum Gasteiger partial charge on any atom is -0.338 e. The van der Waals surface area contributed by atoms with Gasteiger partial charge in [0, 0.05) is 12.5 Å². The molecule has 1 saturated carbocycles. The first-order valence-corrected chi connectivity index (χ1v) is 10.6. The quantitative estimate of drug-likeness (QED) is 0.833. The number of aromatic nitrogens is 2. The third kappa shape index (κ3) is 3.18. The molecule has 1 N–H and O–H groups in total. The van der Waals surface area contributed by atoms with Crippen LogP contribution in [-0.2, 0) is 21.0 Å². The zero-order chi connectivity index (χ0) is 18.9. The second-order valence-electron chi connectivity index (χ2n) is 7.38. The van der Waals surface area contributed by atoms with Crippen LogP contribution in [0.5, 0.6) is 0 Å². The molecule has 1 aromatic heterocycles. The normalized spacial score (nSPS) is 18.2. The molecule has 26 heavy (non-hydrogen) atoms. The first-order valence-electron chi connectivity index (χ1n) is 9.12. The van der Waals surface area contributed by atoms with Gasteiger partial charge in [-0.15, -0.1) is 0 Å². The first kappa shape index (κ1) is 19.0. The standard InChI is InChI=1S/C19H27N3O3S/c1-13-7-8-14(2)16(11-13)26(23,24)19(9-5-6-10-19)18-21-17(22-25-18)12-15(3)20-4/h7-8,11,15,20H,5-6,9-10,12H2,1-4H3. The van der Waals surface area contributed by atoms with E-state index in [4.69, 9.17) is 4.52 Å². The van der Waals surface area contributed by atoms with Crippen molar-refractivity contribution in [3.05, 3.63) is 41.0 Å². The number of hydrogen-bond acceptors (Lipinski definition) is 6. The molecule has 1 fully saturated rings. The Bertz CT molecular complexity index is 883. The Morgan fingerprint density at radius 2 is 1.96 bits per heavy atom. The van der Waals surface area contributed by atoms with Crippen LogP contribution in [0.4, 0.5) is 0 Å². The number of nitrogens with zero attached hydrogens (tertiary/aromatic N) is 2. The molecule has 1 aliphatic carbocycles. The van der Waals surface area contributed by atoms with Crippen molar-refractivity contribution >= 4 is 9.84 Å². The Kier molecular flexibility index (Phi) is 5.21. The molecule has 0 bridgehead atoms. The topological polar surface area (TPSA) is 85.1 Å². The summed E-state index contributed by atoms with van der Waals surface area (Å²) in [6, 6.07) is 5.74. The summed E-state index contributed by atoms with van der Waals surface area (Å²) < 4.78 is 31.8. The van der Waals surface area contributed by atoms with Crippen LogP contribution >= 0.6 is 0 Å². The van der Waals surface area contributed by atoms with E-state index in [-0.39, 0.29) is 11.9 Å². The van der Waals surface area contributed by atoms with Gasteiger partial charge in [0.15, 0.2) is 20.4 Å². The Morgan fingerprint density at radius 3 is 2.62 bits per heavy atom. The van der Waals surface area contributed by atoms with Gasteiger partial charge in [0.05, 0.1) is 4.90 Å². The molecule has 1 aromatic carbocycles. The van der Waals surface area contributed by atoms with Crippen molar-refractivity contribution in [1.29, 1.82) is 0 Å². The molecule has 1 aliphatic rings. The molecule has 2 aromatic rings. The maximum Gasteiger partial charge on any atom is 0.248 e.